The van der Waals surface area contributed by atoms with Crippen LogP contribution < -0.4 is 4.72 Å². The second-order valence-electron chi connectivity index (χ2n) is 4.38. The Morgan fingerprint density at radius 2 is 2.10 bits per heavy atom. The van der Waals surface area contributed by atoms with Gasteiger partial charge in [0.2, 0.25) is 0 Å². The fourth-order valence-electron chi connectivity index (χ4n) is 1.79. The summed E-state index contributed by atoms with van der Waals surface area (Å²) in [5, 5.41) is 1.35. The Morgan fingerprint density at radius 1 is 1.45 bits per heavy atom. The van der Waals surface area contributed by atoms with Crippen molar-refractivity contribution in [3.8, 4) is 0 Å². The van der Waals surface area contributed by atoms with E-state index in [0.29, 0.717) is 4.96 Å². The lowest BCUT2D eigenvalue weighted by Gasteiger charge is -2.12. The van der Waals surface area contributed by atoms with Gasteiger partial charge in [-0.15, -0.1) is 11.3 Å². The zero-order valence-electron chi connectivity index (χ0n) is 10.6. The standard InChI is InChI=1S/C9H12ClN3O4S3/c1-6(5-19(2,14)15)12-20(16,17)8-7(10)11-9-13(8)3-4-18-9/h3-4,6,12H,5H2,1-2H3. The molecule has 112 valence electrons. The van der Waals surface area contributed by atoms with Gasteiger partial charge in [-0.25, -0.2) is 26.5 Å². The number of thiazole rings is 1. The molecule has 0 fully saturated rings. The van der Waals surface area contributed by atoms with Gasteiger partial charge in [0.25, 0.3) is 10.0 Å². The lowest BCUT2D eigenvalue weighted by Crippen LogP contribution is -2.37. The zero-order chi connectivity index (χ0) is 15.1. The Kier molecular flexibility index (Phi) is 4.13. The first kappa shape index (κ1) is 15.7. The average molecular weight is 358 g/mol. The predicted octanol–water partition coefficient (Wildman–Crippen LogP) is 0.761. The summed E-state index contributed by atoms with van der Waals surface area (Å²) in [6, 6.07) is -0.768. The number of nitrogens with one attached hydrogen (secondary N) is 1. The number of halogens is 1. The van der Waals surface area contributed by atoms with Crippen molar-refractivity contribution in [1.82, 2.24) is 14.1 Å². The molecule has 11 heteroatoms. The van der Waals surface area contributed by atoms with E-state index in [-0.39, 0.29) is 15.9 Å². The molecule has 0 amide bonds. The molecule has 1 unspecified atom stereocenters. The summed E-state index contributed by atoms with van der Waals surface area (Å²) in [6.45, 7) is 1.47. The third-order valence-corrected chi connectivity index (χ3v) is 6.19. The van der Waals surface area contributed by atoms with Crippen LogP contribution in [0.3, 0.4) is 0 Å². The normalized spacial score (nSPS) is 14.8. The van der Waals surface area contributed by atoms with Gasteiger partial charge in [0.15, 0.2) is 15.1 Å². The Balaban J connectivity index is 2.36. The number of hydrogen-bond donors (Lipinski definition) is 1. The highest BCUT2D eigenvalue weighted by Gasteiger charge is 2.27. The Morgan fingerprint density at radius 3 is 2.70 bits per heavy atom. The van der Waals surface area contributed by atoms with Crippen molar-refractivity contribution in [1.29, 1.82) is 0 Å². The molecule has 0 aromatic carbocycles. The second kappa shape index (κ2) is 5.26. The molecule has 7 nitrogen and oxygen atoms in total. The number of nitrogens with zero attached hydrogens (tertiary/aromatic N) is 2. The summed E-state index contributed by atoms with van der Waals surface area (Å²) in [7, 11) is -7.24. The molecule has 2 rings (SSSR count). The highest BCUT2D eigenvalue weighted by atomic mass is 35.5. The molecule has 20 heavy (non-hydrogen) atoms. The van der Waals surface area contributed by atoms with Crippen LogP contribution in [-0.4, -0.2) is 44.3 Å². The number of hydrogen-bond acceptors (Lipinski definition) is 6. The van der Waals surface area contributed by atoms with Crippen molar-refractivity contribution in [2.45, 2.75) is 18.0 Å². The van der Waals surface area contributed by atoms with E-state index >= 15 is 0 Å². The first-order valence-electron chi connectivity index (χ1n) is 5.41. The van der Waals surface area contributed by atoms with E-state index in [1.807, 2.05) is 0 Å². The Labute approximate surface area is 125 Å². The first-order chi connectivity index (χ1) is 9.10. The molecule has 0 aliphatic heterocycles. The number of sulfone groups is 1. The number of fused-ring (bicyclic) bond motifs is 1. The van der Waals surface area contributed by atoms with Crippen LogP contribution in [0.25, 0.3) is 4.96 Å². The van der Waals surface area contributed by atoms with Crippen LogP contribution in [0.15, 0.2) is 16.6 Å². The largest absolute Gasteiger partial charge is 0.279 e. The summed E-state index contributed by atoms with van der Waals surface area (Å²) >= 11 is 7.09. The fraction of sp³-hybridized carbons (Fsp3) is 0.444. The van der Waals surface area contributed by atoms with Crippen LogP contribution in [-0.2, 0) is 19.9 Å². The zero-order valence-corrected chi connectivity index (χ0v) is 13.8. The summed E-state index contributed by atoms with van der Waals surface area (Å²) in [5.74, 6) is -0.296. The molecule has 2 aromatic rings. The minimum atomic E-state index is -3.95. The molecule has 0 spiro atoms. The maximum Gasteiger partial charge on any atom is 0.260 e. The fourth-order valence-corrected chi connectivity index (χ4v) is 5.58. The van der Waals surface area contributed by atoms with Crippen molar-refractivity contribution < 1.29 is 16.8 Å². The van der Waals surface area contributed by atoms with E-state index in [1.54, 1.807) is 5.38 Å². The van der Waals surface area contributed by atoms with Crippen LogP contribution >= 0.6 is 22.9 Å². The summed E-state index contributed by atoms with van der Waals surface area (Å²) in [4.78, 5) is 4.38. The molecule has 2 aromatic heterocycles. The monoisotopic (exact) mass is 357 g/mol. The Hall–Kier alpha value is -0.680. The number of aromatic nitrogens is 2. The van der Waals surface area contributed by atoms with Gasteiger partial charge in [-0.2, -0.15) is 0 Å². The minimum absolute atomic E-state index is 0.143. The van der Waals surface area contributed by atoms with Gasteiger partial charge < -0.3 is 0 Å². The lowest BCUT2D eigenvalue weighted by atomic mass is 10.4. The minimum Gasteiger partial charge on any atom is -0.279 e. The smallest absolute Gasteiger partial charge is 0.260 e. The van der Waals surface area contributed by atoms with E-state index in [2.05, 4.69) is 9.71 Å². The third-order valence-electron chi connectivity index (χ3n) is 2.34. The summed E-state index contributed by atoms with van der Waals surface area (Å²) in [5.41, 5.74) is 0. The summed E-state index contributed by atoms with van der Waals surface area (Å²) < 4.78 is 50.5. The maximum absolute atomic E-state index is 12.3. The van der Waals surface area contributed by atoms with Crippen LogP contribution in [0.4, 0.5) is 0 Å². The van der Waals surface area contributed by atoms with E-state index in [0.717, 1.165) is 6.26 Å². The van der Waals surface area contributed by atoms with E-state index < -0.39 is 25.9 Å². The number of imidazole rings is 1. The van der Waals surface area contributed by atoms with Crippen LogP contribution in [0.2, 0.25) is 5.15 Å². The maximum atomic E-state index is 12.3. The van der Waals surface area contributed by atoms with Crippen molar-refractivity contribution >= 4 is 47.8 Å². The van der Waals surface area contributed by atoms with Gasteiger partial charge in [-0.3, -0.25) is 4.40 Å². The predicted molar refractivity (Wildman–Crippen MR) is 77.6 cm³/mol. The molecule has 0 aliphatic carbocycles. The van der Waals surface area contributed by atoms with Gasteiger partial charge in [-0.1, -0.05) is 11.6 Å². The first-order valence-corrected chi connectivity index (χ1v) is 10.2. The van der Waals surface area contributed by atoms with E-state index in [4.69, 9.17) is 11.6 Å². The van der Waals surface area contributed by atoms with Gasteiger partial charge in [0.05, 0.1) is 5.75 Å². The van der Waals surface area contributed by atoms with E-state index in [9.17, 15) is 16.8 Å². The Bertz CT molecular complexity index is 837. The molecule has 0 bridgehead atoms. The molecular formula is C9H12ClN3O4S3. The van der Waals surface area contributed by atoms with Crippen molar-refractivity contribution in [2.24, 2.45) is 0 Å². The SMILES string of the molecule is CC(CS(C)(=O)=O)NS(=O)(=O)c1c(Cl)nc2sccn12. The van der Waals surface area contributed by atoms with Crippen LogP contribution in [0.1, 0.15) is 6.92 Å². The van der Waals surface area contributed by atoms with Gasteiger partial charge in [0.1, 0.15) is 9.84 Å². The van der Waals surface area contributed by atoms with Gasteiger partial charge in [0, 0.05) is 23.9 Å². The van der Waals surface area contributed by atoms with Crippen molar-refractivity contribution in [3.63, 3.8) is 0 Å². The van der Waals surface area contributed by atoms with Gasteiger partial charge >= 0.3 is 0 Å². The van der Waals surface area contributed by atoms with Crippen molar-refractivity contribution in [3.05, 3.63) is 16.7 Å². The molecule has 1 atom stereocenters. The molecule has 0 aliphatic rings. The molecular weight excluding hydrogens is 346 g/mol. The quantitative estimate of drug-likeness (QED) is 0.852. The van der Waals surface area contributed by atoms with E-state index in [1.165, 1.54) is 28.9 Å². The third kappa shape index (κ3) is 3.31. The molecule has 0 saturated heterocycles. The molecule has 2 heterocycles. The number of sulfonamides is 1. The lowest BCUT2D eigenvalue weighted by molar-refractivity contribution is 0.560. The summed E-state index contributed by atoms with van der Waals surface area (Å²) in [6.07, 6.45) is 2.58. The highest BCUT2D eigenvalue weighted by Crippen LogP contribution is 2.25. The second-order valence-corrected chi connectivity index (χ2v) is 9.42. The van der Waals surface area contributed by atoms with Gasteiger partial charge in [-0.05, 0) is 6.92 Å². The van der Waals surface area contributed by atoms with Crippen LogP contribution in [0.5, 0.6) is 0 Å². The topological polar surface area (TPSA) is 97.6 Å². The number of rotatable bonds is 5. The molecule has 0 saturated carbocycles. The van der Waals surface area contributed by atoms with Crippen LogP contribution in [0, 0.1) is 0 Å². The average Bonchev–Trinajstić information content (AvgIpc) is 2.70. The van der Waals surface area contributed by atoms with Crippen molar-refractivity contribution in [2.75, 3.05) is 12.0 Å². The molecule has 1 N–H and O–H groups in total. The molecule has 0 radical (unpaired) electrons. The highest BCUT2D eigenvalue weighted by molar-refractivity contribution is 7.91.